The summed E-state index contributed by atoms with van der Waals surface area (Å²) in [4.78, 5) is 10.4. The Hall–Kier alpha value is -1.81. The lowest BCUT2D eigenvalue weighted by Crippen LogP contribution is -2.14. The highest BCUT2D eigenvalue weighted by Crippen LogP contribution is 2.30. The maximum atomic E-state index is 6.07. The summed E-state index contributed by atoms with van der Waals surface area (Å²) >= 11 is 6.07. The number of aromatic nitrogens is 2. The van der Waals surface area contributed by atoms with Crippen molar-refractivity contribution in [3.63, 3.8) is 0 Å². The van der Waals surface area contributed by atoms with Crippen molar-refractivity contribution in [3.8, 4) is 0 Å². The van der Waals surface area contributed by atoms with E-state index in [0.29, 0.717) is 5.15 Å². The van der Waals surface area contributed by atoms with Gasteiger partial charge in [-0.15, -0.1) is 0 Å². The summed E-state index contributed by atoms with van der Waals surface area (Å²) < 4.78 is 0. The van der Waals surface area contributed by atoms with Crippen LogP contribution in [0.25, 0.3) is 0 Å². The van der Waals surface area contributed by atoms with Gasteiger partial charge in [0, 0.05) is 17.8 Å². The molecule has 2 heterocycles. The Morgan fingerprint density at radius 3 is 2.65 bits per heavy atom. The first-order chi connectivity index (χ1) is 8.24. The summed E-state index contributed by atoms with van der Waals surface area (Å²) in [6.45, 7) is 1.46. The molecule has 2 aromatic rings. The van der Waals surface area contributed by atoms with Crippen LogP contribution in [0, 0.1) is 0 Å². The number of anilines is 2. The van der Waals surface area contributed by atoms with Gasteiger partial charge in [0.2, 0.25) is 5.95 Å². The van der Waals surface area contributed by atoms with Crippen LogP contribution in [0.2, 0.25) is 5.15 Å². The highest BCUT2D eigenvalue weighted by atomic mass is 35.5. The van der Waals surface area contributed by atoms with Gasteiger partial charge in [0.1, 0.15) is 5.15 Å². The fourth-order valence-corrected chi connectivity index (χ4v) is 2.31. The van der Waals surface area contributed by atoms with Gasteiger partial charge in [-0.3, -0.25) is 0 Å². The molecule has 3 rings (SSSR count). The summed E-state index contributed by atoms with van der Waals surface area (Å²) in [6.07, 6.45) is 0. The van der Waals surface area contributed by atoms with Crippen LogP contribution >= 0.6 is 11.6 Å². The van der Waals surface area contributed by atoms with Crippen molar-refractivity contribution in [2.75, 3.05) is 10.6 Å². The highest BCUT2D eigenvalue weighted by Gasteiger charge is 2.24. The first-order valence-corrected chi connectivity index (χ1v) is 5.72. The van der Waals surface area contributed by atoms with Crippen molar-refractivity contribution in [3.05, 3.63) is 46.7 Å². The molecular formula is C12H11ClN4. The lowest BCUT2D eigenvalue weighted by atomic mass is 10.3. The maximum absolute atomic E-state index is 6.07. The molecule has 1 aliphatic heterocycles. The van der Waals surface area contributed by atoms with Gasteiger partial charge in [0.25, 0.3) is 0 Å². The second kappa shape index (κ2) is 3.89. The van der Waals surface area contributed by atoms with Crippen molar-refractivity contribution >= 4 is 23.2 Å². The van der Waals surface area contributed by atoms with Gasteiger partial charge in [0.15, 0.2) is 0 Å². The largest absolute Gasteiger partial charge is 0.368 e. The number of rotatable bonds is 1. The lowest BCUT2D eigenvalue weighted by molar-refractivity contribution is 0.871. The van der Waals surface area contributed by atoms with Crippen LogP contribution in [0.5, 0.6) is 0 Å². The summed E-state index contributed by atoms with van der Waals surface area (Å²) in [6, 6.07) is 10.2. The number of nitrogen functional groups attached to an aromatic ring is 1. The fourth-order valence-electron chi connectivity index (χ4n) is 2.05. The van der Waals surface area contributed by atoms with Crippen molar-refractivity contribution in [1.82, 2.24) is 9.97 Å². The molecule has 1 aromatic heterocycles. The van der Waals surface area contributed by atoms with Gasteiger partial charge in [-0.2, -0.15) is 0 Å². The molecule has 0 saturated heterocycles. The number of para-hydroxylation sites is 1. The molecule has 0 fully saturated rings. The van der Waals surface area contributed by atoms with E-state index in [9.17, 15) is 0 Å². The molecule has 0 unspecified atom stereocenters. The average Bonchev–Trinajstić information content (AvgIpc) is 2.74. The second-order valence-corrected chi connectivity index (χ2v) is 4.35. The van der Waals surface area contributed by atoms with E-state index in [-0.39, 0.29) is 5.95 Å². The van der Waals surface area contributed by atoms with E-state index in [1.807, 2.05) is 18.2 Å². The monoisotopic (exact) mass is 246 g/mol. The molecule has 4 nitrogen and oxygen atoms in total. The van der Waals surface area contributed by atoms with Crippen LogP contribution in [0.1, 0.15) is 11.3 Å². The lowest BCUT2D eigenvalue weighted by Gasteiger charge is -2.16. The first kappa shape index (κ1) is 10.4. The number of nitrogens with zero attached hydrogens (tertiary/aromatic N) is 3. The van der Waals surface area contributed by atoms with Gasteiger partial charge in [0.05, 0.1) is 12.2 Å². The molecular weight excluding hydrogens is 236 g/mol. The summed E-state index contributed by atoms with van der Waals surface area (Å²) in [5.74, 6) is 0.240. The van der Waals surface area contributed by atoms with E-state index in [2.05, 4.69) is 27.0 Å². The van der Waals surface area contributed by atoms with Gasteiger partial charge < -0.3 is 10.6 Å². The zero-order valence-electron chi connectivity index (χ0n) is 9.10. The van der Waals surface area contributed by atoms with E-state index < -0.39 is 0 Å². The molecule has 0 aliphatic carbocycles. The molecule has 5 heteroatoms. The molecule has 1 aromatic carbocycles. The minimum atomic E-state index is 0.240. The molecule has 0 bridgehead atoms. The Morgan fingerprint density at radius 1 is 1.12 bits per heavy atom. The zero-order valence-corrected chi connectivity index (χ0v) is 9.85. The Kier molecular flexibility index (Phi) is 2.37. The summed E-state index contributed by atoms with van der Waals surface area (Å²) in [7, 11) is 0. The molecule has 0 radical (unpaired) electrons. The minimum Gasteiger partial charge on any atom is -0.368 e. The Balaban J connectivity index is 1.96. The smallest absolute Gasteiger partial charge is 0.221 e. The van der Waals surface area contributed by atoms with Gasteiger partial charge in [-0.05, 0) is 12.1 Å². The van der Waals surface area contributed by atoms with Gasteiger partial charge in [-0.1, -0.05) is 29.8 Å². The SMILES string of the molecule is Nc1nc(Cl)c2c(n1)CN(c1ccccc1)C2. The van der Waals surface area contributed by atoms with Crippen LogP contribution in [-0.2, 0) is 13.1 Å². The summed E-state index contributed by atoms with van der Waals surface area (Å²) in [5.41, 5.74) is 8.64. The van der Waals surface area contributed by atoms with Gasteiger partial charge >= 0.3 is 0 Å². The number of hydrogen-bond acceptors (Lipinski definition) is 4. The predicted octanol–water partition coefficient (Wildman–Crippen LogP) is 2.23. The number of benzene rings is 1. The van der Waals surface area contributed by atoms with Crippen molar-refractivity contribution in [2.24, 2.45) is 0 Å². The topological polar surface area (TPSA) is 55.0 Å². The van der Waals surface area contributed by atoms with Crippen LogP contribution in [0.15, 0.2) is 30.3 Å². The van der Waals surface area contributed by atoms with Crippen LogP contribution in [-0.4, -0.2) is 9.97 Å². The number of nitrogens with two attached hydrogens (primary N) is 1. The van der Waals surface area contributed by atoms with Crippen LogP contribution < -0.4 is 10.6 Å². The van der Waals surface area contributed by atoms with Crippen molar-refractivity contribution in [2.45, 2.75) is 13.1 Å². The van der Waals surface area contributed by atoms with E-state index in [0.717, 1.165) is 30.0 Å². The quantitative estimate of drug-likeness (QED) is 0.784. The fraction of sp³-hybridized carbons (Fsp3) is 0.167. The van der Waals surface area contributed by atoms with E-state index >= 15 is 0 Å². The van der Waals surface area contributed by atoms with E-state index in [4.69, 9.17) is 17.3 Å². The Labute approximate surface area is 104 Å². The van der Waals surface area contributed by atoms with Crippen molar-refractivity contribution in [1.29, 1.82) is 0 Å². The highest BCUT2D eigenvalue weighted by molar-refractivity contribution is 6.30. The van der Waals surface area contributed by atoms with E-state index in [1.54, 1.807) is 0 Å². The van der Waals surface area contributed by atoms with Crippen LogP contribution in [0.4, 0.5) is 11.6 Å². The number of fused-ring (bicyclic) bond motifs is 1. The molecule has 0 saturated carbocycles. The number of halogens is 1. The maximum Gasteiger partial charge on any atom is 0.221 e. The van der Waals surface area contributed by atoms with Crippen molar-refractivity contribution < 1.29 is 0 Å². The third kappa shape index (κ3) is 1.80. The second-order valence-electron chi connectivity index (χ2n) is 3.99. The van der Waals surface area contributed by atoms with Crippen LogP contribution in [0.3, 0.4) is 0 Å². The predicted molar refractivity (Wildman–Crippen MR) is 67.8 cm³/mol. The first-order valence-electron chi connectivity index (χ1n) is 5.35. The summed E-state index contributed by atoms with van der Waals surface area (Å²) in [5, 5.41) is 0.464. The normalized spacial score (nSPS) is 13.8. The zero-order chi connectivity index (χ0) is 11.8. The molecule has 17 heavy (non-hydrogen) atoms. The van der Waals surface area contributed by atoms with Gasteiger partial charge in [-0.25, -0.2) is 9.97 Å². The standard InChI is InChI=1S/C12H11ClN4/c13-11-9-6-17(8-4-2-1-3-5-8)7-10(9)15-12(14)16-11/h1-5H,6-7H2,(H2,14,15,16). The Morgan fingerprint density at radius 2 is 1.88 bits per heavy atom. The third-order valence-electron chi connectivity index (χ3n) is 2.87. The molecule has 0 amide bonds. The minimum absolute atomic E-state index is 0.240. The molecule has 0 spiro atoms. The molecule has 0 atom stereocenters. The average molecular weight is 247 g/mol. The third-order valence-corrected chi connectivity index (χ3v) is 3.18. The number of hydrogen-bond donors (Lipinski definition) is 1. The van der Waals surface area contributed by atoms with E-state index in [1.165, 1.54) is 0 Å². The molecule has 86 valence electrons. The Bertz CT molecular complexity index is 556. The molecule has 1 aliphatic rings. The molecule has 2 N–H and O–H groups in total.